The first kappa shape index (κ1) is 26.7. The predicted molar refractivity (Wildman–Crippen MR) is 165 cm³/mol. The number of rotatable bonds is 9. The van der Waals surface area contributed by atoms with Gasteiger partial charge in [-0.2, -0.15) is 10.2 Å². The molecule has 2 aliphatic carbocycles. The fourth-order valence-corrected chi connectivity index (χ4v) is 5.72. The van der Waals surface area contributed by atoms with Crippen LogP contribution in [0.1, 0.15) is 43.2 Å². The SMILES string of the molecule is C=C(C(=C/CC1CC1)/N=N\C)N1CCN(C(=C)c2ccc3c(Cl)cc(-c4ccc(C5(N)CC5)cc4)nc3c2)CC1. The van der Waals surface area contributed by atoms with Crippen molar-refractivity contribution in [2.24, 2.45) is 21.9 Å². The molecular weight excluding hydrogens is 516 g/mol. The lowest BCUT2D eigenvalue weighted by molar-refractivity contribution is 0.217. The van der Waals surface area contributed by atoms with E-state index in [1.807, 2.05) is 12.1 Å². The van der Waals surface area contributed by atoms with Crippen LogP contribution in [0.25, 0.3) is 27.9 Å². The Balaban J connectivity index is 1.15. The molecule has 2 saturated carbocycles. The van der Waals surface area contributed by atoms with Crippen molar-refractivity contribution < 1.29 is 0 Å². The van der Waals surface area contributed by atoms with Crippen molar-refractivity contribution in [2.75, 3.05) is 33.2 Å². The average molecular weight is 553 g/mol. The second kappa shape index (κ2) is 10.8. The molecule has 0 unspecified atom stereocenters. The van der Waals surface area contributed by atoms with Crippen LogP contribution in [0.2, 0.25) is 5.02 Å². The van der Waals surface area contributed by atoms with Crippen molar-refractivity contribution in [1.82, 2.24) is 14.8 Å². The zero-order valence-corrected chi connectivity index (χ0v) is 24.0. The van der Waals surface area contributed by atoms with Gasteiger partial charge in [-0.3, -0.25) is 0 Å². The molecule has 1 aliphatic heterocycles. The molecule has 3 fully saturated rings. The largest absolute Gasteiger partial charge is 0.368 e. The Kier molecular flexibility index (Phi) is 7.24. The Labute approximate surface area is 241 Å². The van der Waals surface area contributed by atoms with Gasteiger partial charge in [0, 0.05) is 55.4 Å². The van der Waals surface area contributed by atoms with E-state index in [-0.39, 0.29) is 5.54 Å². The Morgan fingerprint density at radius 2 is 1.75 bits per heavy atom. The van der Waals surface area contributed by atoms with Crippen molar-refractivity contribution in [3.8, 4) is 11.3 Å². The molecule has 0 atom stereocenters. The van der Waals surface area contributed by atoms with E-state index in [4.69, 9.17) is 22.3 Å². The second-order valence-electron chi connectivity index (χ2n) is 11.4. The first-order valence-electron chi connectivity index (χ1n) is 14.2. The van der Waals surface area contributed by atoms with Crippen molar-refractivity contribution in [2.45, 2.75) is 37.6 Å². The van der Waals surface area contributed by atoms with E-state index in [2.05, 4.69) is 75.7 Å². The lowest BCUT2D eigenvalue weighted by atomic mass is 10.0. The summed E-state index contributed by atoms with van der Waals surface area (Å²) in [6, 6.07) is 16.6. The van der Waals surface area contributed by atoms with Gasteiger partial charge < -0.3 is 15.5 Å². The third-order valence-corrected chi connectivity index (χ3v) is 8.84. The summed E-state index contributed by atoms with van der Waals surface area (Å²) < 4.78 is 0. The van der Waals surface area contributed by atoms with E-state index in [9.17, 15) is 0 Å². The van der Waals surface area contributed by atoms with Crippen LogP contribution in [0.5, 0.6) is 0 Å². The Morgan fingerprint density at radius 1 is 1.05 bits per heavy atom. The molecule has 0 amide bonds. The smallest absolute Gasteiger partial charge is 0.104 e. The highest BCUT2D eigenvalue weighted by molar-refractivity contribution is 6.35. The molecule has 3 aromatic rings. The normalized spacial score (nSPS) is 18.9. The summed E-state index contributed by atoms with van der Waals surface area (Å²) in [5.74, 6) is 0.809. The van der Waals surface area contributed by atoms with Gasteiger partial charge in [0.15, 0.2) is 0 Å². The molecule has 1 saturated heterocycles. The Bertz CT molecular complexity index is 1510. The van der Waals surface area contributed by atoms with Crippen LogP contribution in [-0.4, -0.2) is 48.0 Å². The number of piperazine rings is 1. The summed E-state index contributed by atoms with van der Waals surface area (Å²) in [7, 11) is 1.72. The van der Waals surface area contributed by atoms with E-state index in [1.54, 1.807) is 7.05 Å². The highest BCUT2D eigenvalue weighted by Crippen LogP contribution is 2.43. The number of allylic oxidation sites excluding steroid dienone is 1. The van der Waals surface area contributed by atoms with Gasteiger partial charge in [-0.15, -0.1) is 0 Å². The predicted octanol–water partition coefficient (Wildman–Crippen LogP) is 7.37. The van der Waals surface area contributed by atoms with Crippen LogP contribution in [0.15, 0.2) is 89.4 Å². The molecule has 7 heteroatoms. The van der Waals surface area contributed by atoms with Gasteiger partial charge in [0.1, 0.15) is 5.70 Å². The van der Waals surface area contributed by atoms with Crippen molar-refractivity contribution in [3.63, 3.8) is 0 Å². The molecule has 1 aromatic heterocycles. The summed E-state index contributed by atoms with van der Waals surface area (Å²) in [6.45, 7) is 12.3. The van der Waals surface area contributed by atoms with Crippen molar-refractivity contribution >= 4 is 28.2 Å². The molecule has 40 heavy (non-hydrogen) atoms. The molecule has 2 N–H and O–H groups in total. The van der Waals surface area contributed by atoms with E-state index >= 15 is 0 Å². The van der Waals surface area contributed by atoms with E-state index < -0.39 is 0 Å². The second-order valence-corrected chi connectivity index (χ2v) is 11.8. The third kappa shape index (κ3) is 5.56. The molecule has 2 aromatic carbocycles. The number of halogens is 1. The fraction of sp³-hybridized carbons (Fsp3) is 0.364. The third-order valence-electron chi connectivity index (χ3n) is 8.52. The zero-order chi connectivity index (χ0) is 27.9. The van der Waals surface area contributed by atoms with Gasteiger partial charge in [0.25, 0.3) is 0 Å². The number of nitrogens with two attached hydrogens (primary N) is 1. The summed E-state index contributed by atoms with van der Waals surface area (Å²) in [6.07, 6.45) is 8.00. The number of benzene rings is 2. The summed E-state index contributed by atoms with van der Waals surface area (Å²) >= 11 is 6.72. The molecule has 0 bridgehead atoms. The van der Waals surface area contributed by atoms with Crippen molar-refractivity contribution in [3.05, 3.63) is 95.3 Å². The molecule has 0 spiro atoms. The van der Waals surface area contributed by atoms with Gasteiger partial charge in [-0.1, -0.05) is 67.2 Å². The van der Waals surface area contributed by atoms with Crippen molar-refractivity contribution in [1.29, 1.82) is 0 Å². The summed E-state index contributed by atoms with van der Waals surface area (Å²) in [5, 5.41) is 10.0. The number of nitrogens with zero attached hydrogens (tertiary/aromatic N) is 5. The van der Waals surface area contributed by atoms with Gasteiger partial charge in [0.05, 0.1) is 21.9 Å². The first-order chi connectivity index (χ1) is 19.3. The van der Waals surface area contributed by atoms with Gasteiger partial charge >= 0.3 is 0 Å². The topological polar surface area (TPSA) is 70.1 Å². The lowest BCUT2D eigenvalue weighted by Gasteiger charge is -2.39. The highest BCUT2D eigenvalue weighted by atomic mass is 35.5. The number of pyridine rings is 1. The maximum atomic E-state index is 6.72. The Morgan fingerprint density at radius 3 is 2.40 bits per heavy atom. The number of azo groups is 1. The maximum Gasteiger partial charge on any atom is 0.104 e. The minimum atomic E-state index is -0.142. The Hall–Kier alpha value is -3.48. The van der Waals surface area contributed by atoms with Crippen LogP contribution in [0.4, 0.5) is 0 Å². The molecule has 2 heterocycles. The number of hydrogen-bond donors (Lipinski definition) is 1. The van der Waals surface area contributed by atoms with E-state index in [0.717, 1.165) is 96.2 Å². The van der Waals surface area contributed by atoms with Crippen LogP contribution in [0, 0.1) is 5.92 Å². The lowest BCUT2D eigenvalue weighted by Crippen LogP contribution is -2.44. The summed E-state index contributed by atoms with van der Waals surface area (Å²) in [4.78, 5) is 9.64. The van der Waals surface area contributed by atoms with Gasteiger partial charge in [-0.05, 0) is 61.3 Å². The number of aromatic nitrogens is 1. The quantitative estimate of drug-likeness (QED) is 0.222. The minimum Gasteiger partial charge on any atom is -0.368 e. The summed E-state index contributed by atoms with van der Waals surface area (Å²) in [5.41, 5.74) is 14.1. The zero-order valence-electron chi connectivity index (χ0n) is 23.2. The number of fused-ring (bicyclic) bond motifs is 1. The molecule has 6 nitrogen and oxygen atoms in total. The monoisotopic (exact) mass is 552 g/mol. The maximum absolute atomic E-state index is 6.72. The van der Waals surface area contributed by atoms with Crippen LogP contribution < -0.4 is 5.73 Å². The van der Waals surface area contributed by atoms with Gasteiger partial charge in [-0.25, -0.2) is 4.98 Å². The standard InChI is InChI=1S/C33H37ClN6/c1-22(39-16-18-40(19-17-39)23(2)30(38-36-3)13-6-24-4-5-24)26-9-12-28-29(34)21-31(37-32(28)20-26)25-7-10-27(11-8-25)33(35)14-15-33/h7-13,20-21,24H,1-2,4-6,14-19,35H2,3H3/b30-13-,38-36-. The van der Waals surface area contributed by atoms with E-state index in [0.29, 0.717) is 5.02 Å². The first-order valence-corrected chi connectivity index (χ1v) is 14.6. The number of hydrogen-bond acceptors (Lipinski definition) is 6. The molecule has 3 aliphatic rings. The molecule has 0 radical (unpaired) electrons. The van der Waals surface area contributed by atoms with Crippen LogP contribution in [-0.2, 0) is 5.54 Å². The average Bonchev–Trinajstić information content (AvgIpc) is 3.92. The molecule has 206 valence electrons. The molecule has 6 rings (SSSR count). The van der Waals surface area contributed by atoms with Crippen LogP contribution >= 0.6 is 11.6 Å². The van der Waals surface area contributed by atoms with E-state index in [1.165, 1.54) is 18.4 Å². The molecular formula is C33H37ClN6. The van der Waals surface area contributed by atoms with Crippen LogP contribution in [0.3, 0.4) is 0 Å². The fourth-order valence-electron chi connectivity index (χ4n) is 5.46. The van der Waals surface area contributed by atoms with Gasteiger partial charge in [0.2, 0.25) is 0 Å². The highest BCUT2D eigenvalue weighted by Gasteiger charge is 2.39. The minimum absolute atomic E-state index is 0.142.